The first-order valence-electron chi connectivity index (χ1n) is 6.34. The van der Waals surface area contributed by atoms with Gasteiger partial charge in [-0.1, -0.05) is 22.0 Å². The Bertz CT molecular complexity index is 577. The van der Waals surface area contributed by atoms with Crippen LogP contribution in [0.3, 0.4) is 0 Å². The van der Waals surface area contributed by atoms with Gasteiger partial charge in [0.1, 0.15) is 18.0 Å². The van der Waals surface area contributed by atoms with E-state index in [1.54, 1.807) is 0 Å². The van der Waals surface area contributed by atoms with Crippen molar-refractivity contribution in [1.82, 2.24) is 9.97 Å². The molecule has 20 heavy (non-hydrogen) atoms. The molecule has 1 aromatic carbocycles. The Hall–Kier alpha value is -1.66. The summed E-state index contributed by atoms with van der Waals surface area (Å²) in [6.07, 6.45) is 1.50. The molecule has 0 atom stereocenters. The van der Waals surface area contributed by atoms with Crippen LogP contribution in [0.1, 0.15) is 11.1 Å². The molecule has 0 spiro atoms. The minimum atomic E-state index is 0.0734. The third-order valence-corrected chi connectivity index (χ3v) is 3.35. The summed E-state index contributed by atoms with van der Waals surface area (Å²) in [7, 11) is 0. The van der Waals surface area contributed by atoms with E-state index in [1.807, 2.05) is 12.1 Å². The van der Waals surface area contributed by atoms with Crippen LogP contribution in [-0.4, -0.2) is 28.2 Å². The summed E-state index contributed by atoms with van der Waals surface area (Å²) in [6, 6.07) is 8.02. The molecule has 3 N–H and O–H groups in total. The normalized spacial score (nSPS) is 10.3. The maximum absolute atomic E-state index is 8.78. The highest BCUT2D eigenvalue weighted by molar-refractivity contribution is 9.10. The van der Waals surface area contributed by atoms with E-state index in [0.29, 0.717) is 18.9 Å². The zero-order chi connectivity index (χ0) is 14.4. The zero-order valence-corrected chi connectivity index (χ0v) is 12.8. The quantitative estimate of drug-likeness (QED) is 0.756. The van der Waals surface area contributed by atoms with E-state index >= 15 is 0 Å². The number of halogens is 1. The smallest absolute Gasteiger partial charge is 0.131 e. The standard InChI is InChI=1S/C14H17BrN4O/c1-10-2-3-12(15)6-11(10)8-17-14-7-13(16-4-5-20)18-9-19-14/h2-3,6-7,9,20H,4-5,8H2,1H3,(H2,16,17,18,19). The number of nitrogens with one attached hydrogen (secondary N) is 2. The topological polar surface area (TPSA) is 70.1 Å². The summed E-state index contributed by atoms with van der Waals surface area (Å²) in [6.45, 7) is 3.32. The van der Waals surface area contributed by atoms with E-state index in [2.05, 4.69) is 55.6 Å². The van der Waals surface area contributed by atoms with Gasteiger partial charge in [-0.05, 0) is 30.2 Å². The Morgan fingerprint density at radius 3 is 2.65 bits per heavy atom. The van der Waals surface area contributed by atoms with Crippen LogP contribution in [-0.2, 0) is 6.54 Å². The van der Waals surface area contributed by atoms with Crippen LogP contribution >= 0.6 is 15.9 Å². The van der Waals surface area contributed by atoms with E-state index < -0.39 is 0 Å². The van der Waals surface area contributed by atoms with Crippen LogP contribution in [0.25, 0.3) is 0 Å². The Morgan fingerprint density at radius 2 is 1.90 bits per heavy atom. The molecule has 106 valence electrons. The second kappa shape index (κ2) is 7.21. The van der Waals surface area contributed by atoms with Crippen molar-refractivity contribution in [3.63, 3.8) is 0 Å². The lowest BCUT2D eigenvalue weighted by molar-refractivity contribution is 0.311. The first-order valence-corrected chi connectivity index (χ1v) is 7.14. The zero-order valence-electron chi connectivity index (χ0n) is 11.2. The van der Waals surface area contributed by atoms with Crippen LogP contribution in [0.4, 0.5) is 11.6 Å². The van der Waals surface area contributed by atoms with Gasteiger partial charge >= 0.3 is 0 Å². The molecule has 0 aliphatic carbocycles. The summed E-state index contributed by atoms with van der Waals surface area (Å²) < 4.78 is 1.06. The van der Waals surface area contributed by atoms with Crippen molar-refractivity contribution in [1.29, 1.82) is 0 Å². The first kappa shape index (κ1) is 14.7. The van der Waals surface area contributed by atoms with Crippen molar-refractivity contribution >= 4 is 27.6 Å². The number of hydrogen-bond donors (Lipinski definition) is 3. The molecule has 0 saturated heterocycles. The van der Waals surface area contributed by atoms with Crippen LogP contribution in [0.15, 0.2) is 35.1 Å². The Kier molecular flexibility index (Phi) is 5.31. The predicted octanol–water partition coefficient (Wildman–Crippen LogP) is 2.56. The molecule has 2 rings (SSSR count). The highest BCUT2D eigenvalue weighted by Gasteiger charge is 2.02. The largest absolute Gasteiger partial charge is 0.395 e. The van der Waals surface area contributed by atoms with Gasteiger partial charge in [0, 0.05) is 23.6 Å². The third-order valence-electron chi connectivity index (χ3n) is 2.86. The number of nitrogens with zero attached hydrogens (tertiary/aromatic N) is 2. The van der Waals surface area contributed by atoms with Crippen LogP contribution in [0.2, 0.25) is 0 Å². The lowest BCUT2D eigenvalue weighted by Crippen LogP contribution is -2.08. The van der Waals surface area contributed by atoms with Crippen molar-refractivity contribution in [2.45, 2.75) is 13.5 Å². The number of aliphatic hydroxyl groups excluding tert-OH is 1. The number of benzene rings is 1. The molecule has 5 nitrogen and oxygen atoms in total. The minimum absolute atomic E-state index is 0.0734. The average Bonchev–Trinajstić information content (AvgIpc) is 2.46. The maximum Gasteiger partial charge on any atom is 0.131 e. The first-order chi connectivity index (χ1) is 9.69. The molecule has 1 aromatic heterocycles. The number of aromatic nitrogens is 2. The van der Waals surface area contributed by atoms with Gasteiger partial charge in [-0.2, -0.15) is 0 Å². The highest BCUT2D eigenvalue weighted by Crippen LogP contribution is 2.17. The molecule has 6 heteroatoms. The van der Waals surface area contributed by atoms with Crippen molar-refractivity contribution in [2.24, 2.45) is 0 Å². The molecule has 0 bridgehead atoms. The van der Waals surface area contributed by atoms with Crippen molar-refractivity contribution in [3.05, 3.63) is 46.2 Å². The van der Waals surface area contributed by atoms with E-state index in [1.165, 1.54) is 17.5 Å². The van der Waals surface area contributed by atoms with Gasteiger partial charge in [0.15, 0.2) is 0 Å². The lowest BCUT2D eigenvalue weighted by Gasteiger charge is -2.10. The molecular formula is C14H17BrN4O. The van der Waals surface area contributed by atoms with Crippen molar-refractivity contribution in [3.8, 4) is 0 Å². The minimum Gasteiger partial charge on any atom is -0.395 e. The fourth-order valence-corrected chi connectivity index (χ4v) is 2.16. The van der Waals surface area contributed by atoms with Gasteiger partial charge in [-0.15, -0.1) is 0 Å². The van der Waals surface area contributed by atoms with Crippen LogP contribution < -0.4 is 10.6 Å². The molecule has 0 amide bonds. The SMILES string of the molecule is Cc1ccc(Br)cc1CNc1cc(NCCO)ncn1. The average molecular weight is 337 g/mol. The number of hydrogen-bond acceptors (Lipinski definition) is 5. The second-order valence-electron chi connectivity index (χ2n) is 4.36. The molecule has 1 heterocycles. The molecule has 0 radical (unpaired) electrons. The van der Waals surface area contributed by atoms with E-state index in [4.69, 9.17) is 5.11 Å². The van der Waals surface area contributed by atoms with Gasteiger partial charge in [-0.3, -0.25) is 0 Å². The monoisotopic (exact) mass is 336 g/mol. The number of rotatable bonds is 6. The molecule has 0 saturated carbocycles. The van der Waals surface area contributed by atoms with E-state index in [9.17, 15) is 0 Å². The summed E-state index contributed by atoms with van der Waals surface area (Å²) in [5.41, 5.74) is 2.44. The third kappa shape index (κ3) is 4.18. The summed E-state index contributed by atoms with van der Waals surface area (Å²) >= 11 is 3.48. The fraction of sp³-hybridized carbons (Fsp3) is 0.286. The molecule has 0 aliphatic rings. The van der Waals surface area contributed by atoms with Gasteiger partial charge in [-0.25, -0.2) is 9.97 Å². The van der Waals surface area contributed by atoms with Gasteiger partial charge in [0.2, 0.25) is 0 Å². The molecule has 2 aromatic rings. The highest BCUT2D eigenvalue weighted by atomic mass is 79.9. The van der Waals surface area contributed by atoms with Crippen LogP contribution in [0.5, 0.6) is 0 Å². The Balaban J connectivity index is 2.01. The Morgan fingerprint density at radius 1 is 1.15 bits per heavy atom. The fourth-order valence-electron chi connectivity index (χ4n) is 1.75. The molecular weight excluding hydrogens is 320 g/mol. The molecule has 0 unspecified atom stereocenters. The predicted molar refractivity (Wildman–Crippen MR) is 83.8 cm³/mol. The van der Waals surface area contributed by atoms with E-state index in [-0.39, 0.29) is 6.61 Å². The second-order valence-corrected chi connectivity index (χ2v) is 5.28. The summed E-state index contributed by atoms with van der Waals surface area (Å²) in [4.78, 5) is 8.26. The summed E-state index contributed by atoms with van der Waals surface area (Å²) in [5, 5.41) is 15.1. The van der Waals surface area contributed by atoms with E-state index in [0.717, 1.165) is 10.3 Å². The summed E-state index contributed by atoms with van der Waals surface area (Å²) in [5.74, 6) is 1.45. The van der Waals surface area contributed by atoms with Crippen molar-refractivity contribution in [2.75, 3.05) is 23.8 Å². The van der Waals surface area contributed by atoms with Gasteiger partial charge in [0.05, 0.1) is 6.61 Å². The lowest BCUT2D eigenvalue weighted by atomic mass is 10.1. The van der Waals surface area contributed by atoms with Gasteiger partial charge < -0.3 is 15.7 Å². The molecule has 0 aliphatic heterocycles. The number of aryl methyl sites for hydroxylation is 1. The Labute approximate surface area is 126 Å². The number of aliphatic hydroxyl groups is 1. The van der Waals surface area contributed by atoms with Crippen LogP contribution in [0, 0.1) is 6.92 Å². The number of anilines is 2. The maximum atomic E-state index is 8.78. The van der Waals surface area contributed by atoms with Gasteiger partial charge in [0.25, 0.3) is 0 Å². The van der Waals surface area contributed by atoms with Crippen molar-refractivity contribution < 1.29 is 5.11 Å². The molecule has 0 fully saturated rings.